The molecule has 0 aromatic heterocycles. The van der Waals surface area contributed by atoms with Gasteiger partial charge in [-0.2, -0.15) is 0 Å². The molecule has 1 saturated carbocycles. The SMILES string of the molecule is CC(C)C[C@H](NCc1ccc(CCC(=O)NO)cc1)C(=O)O[C@@H]1C[C@H](C)CC[C@H]1C(C)C. The summed E-state index contributed by atoms with van der Waals surface area (Å²) >= 11 is 0. The molecule has 6 heteroatoms. The molecule has 2 rings (SSSR count). The largest absolute Gasteiger partial charge is 0.461 e. The molecular weight excluding hydrogens is 404 g/mol. The number of hydrogen-bond acceptors (Lipinski definition) is 5. The summed E-state index contributed by atoms with van der Waals surface area (Å²) in [5.41, 5.74) is 3.76. The molecule has 0 saturated heterocycles. The maximum Gasteiger partial charge on any atom is 0.323 e. The molecule has 1 aromatic carbocycles. The van der Waals surface area contributed by atoms with Gasteiger partial charge < -0.3 is 10.1 Å². The zero-order valence-electron chi connectivity index (χ0n) is 20.4. The number of esters is 1. The zero-order chi connectivity index (χ0) is 23.7. The minimum absolute atomic E-state index is 0.0121. The standard InChI is InChI=1S/C26H42N2O4/c1-17(2)14-23(26(30)32-24-15-19(5)6-12-22(24)18(3)4)27-16-21-9-7-20(8-10-21)11-13-25(29)28-31/h7-10,17-19,22-24,27,31H,6,11-16H2,1-5H3,(H,28,29)/t19-,22+,23+,24-/m1/s1. The molecule has 32 heavy (non-hydrogen) atoms. The molecule has 0 unspecified atom stereocenters. The molecule has 0 bridgehead atoms. The Labute approximate surface area is 193 Å². The third-order valence-corrected chi connectivity index (χ3v) is 6.56. The van der Waals surface area contributed by atoms with Gasteiger partial charge in [0.15, 0.2) is 0 Å². The van der Waals surface area contributed by atoms with Crippen LogP contribution in [0.4, 0.5) is 0 Å². The Hall–Kier alpha value is -1.92. The first kappa shape index (κ1) is 26.3. The number of aryl methyl sites for hydroxylation is 1. The number of benzene rings is 1. The van der Waals surface area contributed by atoms with Crippen molar-refractivity contribution >= 4 is 11.9 Å². The van der Waals surface area contributed by atoms with Crippen molar-refractivity contribution < 1.29 is 19.5 Å². The van der Waals surface area contributed by atoms with Crippen LogP contribution in [0.15, 0.2) is 24.3 Å². The van der Waals surface area contributed by atoms with Gasteiger partial charge in [0.1, 0.15) is 12.1 Å². The van der Waals surface area contributed by atoms with Crippen LogP contribution in [0.1, 0.15) is 77.8 Å². The predicted octanol–water partition coefficient (Wildman–Crippen LogP) is 4.63. The number of nitrogens with one attached hydrogen (secondary N) is 2. The lowest BCUT2D eigenvalue weighted by molar-refractivity contribution is -0.159. The molecule has 3 N–H and O–H groups in total. The highest BCUT2D eigenvalue weighted by molar-refractivity contribution is 5.76. The molecule has 1 amide bonds. The second kappa shape index (κ2) is 12.9. The highest BCUT2D eigenvalue weighted by Gasteiger charge is 2.35. The van der Waals surface area contributed by atoms with E-state index in [0.29, 0.717) is 36.6 Å². The first-order chi connectivity index (χ1) is 15.2. The van der Waals surface area contributed by atoms with E-state index in [4.69, 9.17) is 9.94 Å². The number of carbonyl (C=O) groups is 2. The second-order valence-electron chi connectivity index (χ2n) is 10.2. The van der Waals surface area contributed by atoms with Crippen molar-refractivity contribution in [2.45, 2.75) is 91.8 Å². The normalized spacial score (nSPS) is 22.1. The van der Waals surface area contributed by atoms with Crippen molar-refractivity contribution in [2.75, 3.05) is 0 Å². The van der Waals surface area contributed by atoms with Crippen LogP contribution in [0.5, 0.6) is 0 Å². The minimum atomic E-state index is -0.391. The first-order valence-corrected chi connectivity index (χ1v) is 12.1. The lowest BCUT2D eigenvalue weighted by atomic mass is 9.75. The maximum absolute atomic E-state index is 13.1. The first-order valence-electron chi connectivity index (χ1n) is 12.1. The molecule has 6 nitrogen and oxygen atoms in total. The van der Waals surface area contributed by atoms with Gasteiger partial charge in [-0.3, -0.25) is 14.8 Å². The van der Waals surface area contributed by atoms with Crippen molar-refractivity contribution in [3.63, 3.8) is 0 Å². The van der Waals surface area contributed by atoms with Crippen molar-refractivity contribution in [2.24, 2.45) is 23.7 Å². The van der Waals surface area contributed by atoms with Crippen LogP contribution in [0.2, 0.25) is 0 Å². The quantitative estimate of drug-likeness (QED) is 0.262. The number of rotatable bonds is 11. The fourth-order valence-electron chi connectivity index (χ4n) is 4.59. The van der Waals surface area contributed by atoms with Gasteiger partial charge in [-0.05, 0) is 60.5 Å². The van der Waals surface area contributed by atoms with Crippen LogP contribution in [-0.2, 0) is 27.3 Å². The maximum atomic E-state index is 13.1. The molecular formula is C26H42N2O4. The van der Waals surface area contributed by atoms with Gasteiger partial charge in [0.2, 0.25) is 5.91 Å². The van der Waals surface area contributed by atoms with Gasteiger partial charge in [0.25, 0.3) is 0 Å². The molecule has 1 aromatic rings. The van der Waals surface area contributed by atoms with Gasteiger partial charge >= 0.3 is 5.97 Å². The Kier molecular flexibility index (Phi) is 10.7. The summed E-state index contributed by atoms with van der Waals surface area (Å²) in [5, 5.41) is 12.0. The zero-order valence-corrected chi connectivity index (χ0v) is 20.4. The predicted molar refractivity (Wildman–Crippen MR) is 126 cm³/mol. The third kappa shape index (κ3) is 8.55. The van der Waals surface area contributed by atoms with Crippen molar-refractivity contribution in [1.82, 2.24) is 10.8 Å². The molecule has 0 aliphatic heterocycles. The summed E-state index contributed by atoms with van der Waals surface area (Å²) in [6.45, 7) is 11.5. The van der Waals surface area contributed by atoms with Crippen LogP contribution in [0.25, 0.3) is 0 Å². The third-order valence-electron chi connectivity index (χ3n) is 6.56. The lowest BCUT2D eigenvalue weighted by Crippen LogP contribution is -2.43. The van der Waals surface area contributed by atoms with Gasteiger partial charge in [0.05, 0.1) is 0 Å². The topological polar surface area (TPSA) is 87.7 Å². The highest BCUT2D eigenvalue weighted by atomic mass is 16.5. The summed E-state index contributed by atoms with van der Waals surface area (Å²) in [4.78, 5) is 24.3. The Balaban J connectivity index is 1.95. The van der Waals surface area contributed by atoms with Crippen molar-refractivity contribution in [3.8, 4) is 0 Å². The Morgan fingerprint density at radius 1 is 1.09 bits per heavy atom. The number of hydrogen-bond donors (Lipinski definition) is 3. The van der Waals surface area contributed by atoms with E-state index in [9.17, 15) is 9.59 Å². The summed E-state index contributed by atoms with van der Waals surface area (Å²) in [6.07, 6.45) is 4.86. The summed E-state index contributed by atoms with van der Waals surface area (Å²) < 4.78 is 6.11. The molecule has 1 aliphatic rings. The monoisotopic (exact) mass is 446 g/mol. The number of amides is 1. The lowest BCUT2D eigenvalue weighted by Gasteiger charge is -2.37. The molecule has 0 radical (unpaired) electrons. The van der Waals surface area contributed by atoms with Crippen LogP contribution in [0, 0.1) is 23.7 Å². The van der Waals surface area contributed by atoms with Crippen LogP contribution in [-0.4, -0.2) is 29.2 Å². The van der Waals surface area contributed by atoms with E-state index in [2.05, 4.69) is 39.9 Å². The molecule has 0 spiro atoms. The summed E-state index contributed by atoms with van der Waals surface area (Å²) in [5.74, 6) is 1.41. The van der Waals surface area contributed by atoms with Gasteiger partial charge in [-0.1, -0.05) is 65.3 Å². The van der Waals surface area contributed by atoms with Gasteiger partial charge in [-0.15, -0.1) is 0 Å². The van der Waals surface area contributed by atoms with Crippen LogP contribution in [0.3, 0.4) is 0 Å². The fraction of sp³-hybridized carbons (Fsp3) is 0.692. The van der Waals surface area contributed by atoms with Gasteiger partial charge in [0, 0.05) is 13.0 Å². The van der Waals surface area contributed by atoms with E-state index in [1.54, 1.807) is 5.48 Å². The van der Waals surface area contributed by atoms with Crippen molar-refractivity contribution in [3.05, 3.63) is 35.4 Å². The molecule has 1 aliphatic carbocycles. The molecule has 1 fully saturated rings. The van der Waals surface area contributed by atoms with E-state index in [0.717, 1.165) is 30.4 Å². The molecule has 180 valence electrons. The second-order valence-corrected chi connectivity index (χ2v) is 10.2. The van der Waals surface area contributed by atoms with E-state index in [1.165, 1.54) is 6.42 Å². The van der Waals surface area contributed by atoms with Crippen molar-refractivity contribution in [1.29, 1.82) is 0 Å². The number of ether oxygens (including phenoxy) is 1. The smallest absolute Gasteiger partial charge is 0.323 e. The number of carbonyl (C=O) groups excluding carboxylic acids is 2. The van der Waals surface area contributed by atoms with E-state index < -0.39 is 5.91 Å². The van der Waals surface area contributed by atoms with Gasteiger partial charge in [-0.25, -0.2) is 5.48 Å². The molecule has 0 heterocycles. The minimum Gasteiger partial charge on any atom is -0.461 e. The molecule has 4 atom stereocenters. The average molecular weight is 447 g/mol. The summed E-state index contributed by atoms with van der Waals surface area (Å²) in [6, 6.07) is 7.65. The van der Waals surface area contributed by atoms with E-state index >= 15 is 0 Å². The van der Waals surface area contributed by atoms with E-state index in [1.807, 2.05) is 24.3 Å². The van der Waals surface area contributed by atoms with E-state index in [-0.39, 0.29) is 24.5 Å². The highest BCUT2D eigenvalue weighted by Crippen LogP contribution is 2.35. The fourth-order valence-corrected chi connectivity index (χ4v) is 4.59. The Morgan fingerprint density at radius 2 is 1.75 bits per heavy atom. The number of hydroxylamine groups is 1. The van der Waals surface area contributed by atoms with Crippen LogP contribution >= 0.6 is 0 Å². The summed E-state index contributed by atoms with van der Waals surface area (Å²) in [7, 11) is 0. The Bertz CT molecular complexity index is 717. The average Bonchev–Trinajstić information content (AvgIpc) is 2.75. The Morgan fingerprint density at radius 3 is 2.34 bits per heavy atom. The van der Waals surface area contributed by atoms with Crippen LogP contribution < -0.4 is 10.8 Å².